The second kappa shape index (κ2) is 6.38. The van der Waals surface area contributed by atoms with Crippen molar-refractivity contribution in [3.05, 3.63) is 53.5 Å². The summed E-state index contributed by atoms with van der Waals surface area (Å²) in [6.07, 6.45) is 0.978. The van der Waals surface area contributed by atoms with E-state index >= 15 is 0 Å². The summed E-state index contributed by atoms with van der Waals surface area (Å²) in [7, 11) is 0. The number of halogens is 3. The van der Waals surface area contributed by atoms with Crippen LogP contribution in [0.2, 0.25) is 0 Å². The van der Waals surface area contributed by atoms with E-state index in [0.29, 0.717) is 24.7 Å². The average Bonchev–Trinajstić information content (AvgIpc) is 2.41. The summed E-state index contributed by atoms with van der Waals surface area (Å²) >= 11 is 0. The van der Waals surface area contributed by atoms with Crippen molar-refractivity contribution in [2.24, 2.45) is 0 Å². The van der Waals surface area contributed by atoms with Crippen LogP contribution in [0.15, 0.2) is 30.5 Å². The fraction of sp³-hybridized carbons (Fsp3) is 0.214. The van der Waals surface area contributed by atoms with Gasteiger partial charge in [-0.15, -0.1) is 0 Å². The summed E-state index contributed by atoms with van der Waals surface area (Å²) < 4.78 is 44.8. The number of benzene rings is 1. The Kier molecular flexibility index (Phi) is 4.57. The van der Waals surface area contributed by atoms with Crippen LogP contribution >= 0.6 is 0 Å². The third-order valence-corrected chi connectivity index (χ3v) is 2.56. The number of nitrogens with one attached hydrogen (secondary N) is 1. The molecule has 20 heavy (non-hydrogen) atoms. The molecule has 0 saturated carbocycles. The maximum Gasteiger partial charge on any atom is 0.224 e. The molecule has 3 nitrogen and oxygen atoms in total. The molecule has 0 radical (unpaired) electrons. The molecular formula is C14H13F3N2O. The van der Waals surface area contributed by atoms with E-state index in [2.05, 4.69) is 10.3 Å². The standard InChI is InChI=1S/C14H13F3N2O/c1-2-18-7-9-5-11(16)8-19-14(9)20-13-4-3-10(15)6-12(13)17/h3-6,8,18H,2,7H2,1H3. The van der Waals surface area contributed by atoms with Crippen molar-refractivity contribution in [3.8, 4) is 11.6 Å². The van der Waals surface area contributed by atoms with E-state index in [1.165, 1.54) is 6.07 Å². The number of hydrogen-bond acceptors (Lipinski definition) is 3. The quantitative estimate of drug-likeness (QED) is 0.912. The summed E-state index contributed by atoms with van der Waals surface area (Å²) in [5.41, 5.74) is 0.454. The lowest BCUT2D eigenvalue weighted by atomic mass is 10.2. The monoisotopic (exact) mass is 282 g/mol. The van der Waals surface area contributed by atoms with Gasteiger partial charge in [0.1, 0.15) is 11.6 Å². The van der Waals surface area contributed by atoms with E-state index < -0.39 is 17.5 Å². The molecule has 2 aromatic rings. The number of ether oxygens (including phenoxy) is 1. The molecule has 6 heteroatoms. The summed E-state index contributed by atoms with van der Waals surface area (Å²) in [6.45, 7) is 2.91. The third-order valence-electron chi connectivity index (χ3n) is 2.56. The van der Waals surface area contributed by atoms with Gasteiger partial charge < -0.3 is 10.1 Å². The molecule has 0 aliphatic rings. The molecule has 1 N–H and O–H groups in total. The van der Waals surface area contributed by atoms with Crippen LogP contribution in [0, 0.1) is 17.5 Å². The minimum atomic E-state index is -0.842. The Morgan fingerprint density at radius 2 is 1.95 bits per heavy atom. The number of pyridine rings is 1. The van der Waals surface area contributed by atoms with Crippen molar-refractivity contribution in [2.75, 3.05) is 6.54 Å². The summed E-state index contributed by atoms with van der Waals surface area (Å²) in [6, 6.07) is 4.20. The second-order valence-corrected chi connectivity index (χ2v) is 4.07. The molecule has 0 saturated heterocycles. The minimum Gasteiger partial charge on any atom is -0.436 e. The maximum absolute atomic E-state index is 13.5. The maximum atomic E-state index is 13.5. The van der Waals surface area contributed by atoms with Gasteiger partial charge in [-0.25, -0.2) is 18.2 Å². The highest BCUT2D eigenvalue weighted by atomic mass is 19.1. The Bertz CT molecular complexity index is 605. The lowest BCUT2D eigenvalue weighted by molar-refractivity contribution is 0.415. The summed E-state index contributed by atoms with van der Waals surface area (Å²) in [5, 5.41) is 3.00. The number of aromatic nitrogens is 1. The average molecular weight is 282 g/mol. The molecule has 106 valence electrons. The zero-order valence-electron chi connectivity index (χ0n) is 10.8. The Morgan fingerprint density at radius 1 is 1.15 bits per heavy atom. The van der Waals surface area contributed by atoms with E-state index in [4.69, 9.17) is 4.74 Å². The highest BCUT2D eigenvalue weighted by Gasteiger charge is 2.11. The number of nitrogens with zero attached hydrogens (tertiary/aromatic N) is 1. The van der Waals surface area contributed by atoms with Crippen LogP contribution in [0.5, 0.6) is 11.6 Å². The highest BCUT2D eigenvalue weighted by molar-refractivity contribution is 5.33. The normalized spacial score (nSPS) is 10.6. The first kappa shape index (κ1) is 14.3. The number of rotatable bonds is 5. The van der Waals surface area contributed by atoms with Gasteiger partial charge in [-0.1, -0.05) is 6.92 Å². The van der Waals surface area contributed by atoms with E-state index in [0.717, 1.165) is 18.3 Å². The van der Waals surface area contributed by atoms with Crippen molar-refractivity contribution in [1.82, 2.24) is 10.3 Å². The first-order chi connectivity index (χ1) is 9.60. The van der Waals surface area contributed by atoms with Gasteiger partial charge in [-0.05, 0) is 24.7 Å². The van der Waals surface area contributed by atoms with E-state index in [-0.39, 0.29) is 11.6 Å². The van der Waals surface area contributed by atoms with Crippen LogP contribution in [0.4, 0.5) is 13.2 Å². The third kappa shape index (κ3) is 3.48. The van der Waals surface area contributed by atoms with Crippen LogP contribution < -0.4 is 10.1 Å². The molecule has 0 amide bonds. The molecule has 0 unspecified atom stereocenters. The van der Waals surface area contributed by atoms with E-state index in [9.17, 15) is 13.2 Å². The van der Waals surface area contributed by atoms with Crippen LogP contribution in [0.1, 0.15) is 12.5 Å². The number of hydrogen-bond donors (Lipinski definition) is 1. The van der Waals surface area contributed by atoms with Crippen LogP contribution in [-0.2, 0) is 6.54 Å². The zero-order valence-corrected chi connectivity index (χ0v) is 10.8. The molecule has 0 aliphatic heterocycles. The van der Waals surface area contributed by atoms with Gasteiger partial charge in [-0.3, -0.25) is 0 Å². The molecular weight excluding hydrogens is 269 g/mol. The molecule has 0 bridgehead atoms. The highest BCUT2D eigenvalue weighted by Crippen LogP contribution is 2.26. The minimum absolute atomic E-state index is 0.0814. The predicted molar refractivity (Wildman–Crippen MR) is 68.0 cm³/mol. The van der Waals surface area contributed by atoms with Crippen molar-refractivity contribution in [3.63, 3.8) is 0 Å². The van der Waals surface area contributed by atoms with Crippen molar-refractivity contribution in [1.29, 1.82) is 0 Å². The Morgan fingerprint density at radius 3 is 2.65 bits per heavy atom. The lowest BCUT2D eigenvalue weighted by Gasteiger charge is -2.11. The van der Waals surface area contributed by atoms with Crippen molar-refractivity contribution >= 4 is 0 Å². The van der Waals surface area contributed by atoms with E-state index in [1.54, 1.807) is 0 Å². The smallest absolute Gasteiger partial charge is 0.224 e. The molecule has 0 spiro atoms. The summed E-state index contributed by atoms with van der Waals surface area (Å²) in [5.74, 6) is -2.13. The molecule has 2 rings (SSSR count). The van der Waals surface area contributed by atoms with Crippen LogP contribution in [-0.4, -0.2) is 11.5 Å². The first-order valence-electron chi connectivity index (χ1n) is 6.08. The first-order valence-corrected chi connectivity index (χ1v) is 6.08. The van der Waals surface area contributed by atoms with Crippen molar-refractivity contribution < 1.29 is 17.9 Å². The predicted octanol–water partition coefficient (Wildman–Crippen LogP) is 3.40. The van der Waals surface area contributed by atoms with E-state index in [1.807, 2.05) is 6.92 Å². The van der Waals surface area contributed by atoms with Gasteiger partial charge in [0, 0.05) is 18.2 Å². The fourth-order valence-electron chi connectivity index (χ4n) is 1.61. The van der Waals surface area contributed by atoms with Crippen LogP contribution in [0.3, 0.4) is 0 Å². The molecule has 1 aromatic heterocycles. The van der Waals surface area contributed by atoms with Gasteiger partial charge in [0.05, 0.1) is 6.20 Å². The van der Waals surface area contributed by atoms with Crippen molar-refractivity contribution in [2.45, 2.75) is 13.5 Å². The topological polar surface area (TPSA) is 34.2 Å². The van der Waals surface area contributed by atoms with Crippen LogP contribution in [0.25, 0.3) is 0 Å². The van der Waals surface area contributed by atoms with Gasteiger partial charge >= 0.3 is 0 Å². The molecule has 0 fully saturated rings. The van der Waals surface area contributed by atoms with Gasteiger partial charge in [-0.2, -0.15) is 0 Å². The molecule has 0 atom stereocenters. The lowest BCUT2D eigenvalue weighted by Crippen LogP contribution is -2.13. The Hall–Kier alpha value is -2.08. The zero-order chi connectivity index (χ0) is 14.5. The van der Waals surface area contributed by atoms with Gasteiger partial charge in [0.15, 0.2) is 11.6 Å². The molecule has 1 heterocycles. The SMILES string of the molecule is CCNCc1cc(F)cnc1Oc1ccc(F)cc1F. The second-order valence-electron chi connectivity index (χ2n) is 4.07. The Labute approximate surface area is 114 Å². The summed E-state index contributed by atoms with van der Waals surface area (Å²) in [4.78, 5) is 3.79. The molecule has 0 aliphatic carbocycles. The van der Waals surface area contributed by atoms with Gasteiger partial charge in [0.25, 0.3) is 0 Å². The largest absolute Gasteiger partial charge is 0.436 e. The van der Waals surface area contributed by atoms with Gasteiger partial charge in [0.2, 0.25) is 5.88 Å². The fourth-order valence-corrected chi connectivity index (χ4v) is 1.61. The molecule has 1 aromatic carbocycles. The Balaban J connectivity index is 2.27.